The smallest absolute Gasteiger partial charge is 0.321 e. The third-order valence-electron chi connectivity index (χ3n) is 6.56. The number of nitrogens with two attached hydrogens (primary N) is 1. The molecule has 0 aliphatic carbocycles. The standard InChI is InChI=1S/C27H41NO8/c1-8-15(3)12-23(30)35-21-11-10-20(14-22(21)36-24(31)13-16(4)9-2)25(26(28)27(32)33)17(5)18(6)34-19(7)29/h10-11,14-18,25-26H,8-9,12-13,28H2,1-7H3,(H,32,33)/t15?,16?,17?,18?,25?,26-/m0/s1. The number of carbonyl (C=O) groups excluding carboxylic acids is 3. The van der Waals surface area contributed by atoms with Gasteiger partial charge in [-0.15, -0.1) is 0 Å². The van der Waals surface area contributed by atoms with Crippen molar-refractivity contribution in [2.45, 2.75) is 92.2 Å². The van der Waals surface area contributed by atoms with Crippen LogP contribution in [0.2, 0.25) is 0 Å². The highest BCUT2D eigenvalue weighted by molar-refractivity contribution is 5.77. The SMILES string of the molecule is CCC(C)CC(=O)Oc1ccc(C(C(C)C(C)OC(C)=O)[C@H](N)C(=O)O)cc1OC(=O)CC(C)CC. The molecule has 0 radical (unpaired) electrons. The summed E-state index contributed by atoms with van der Waals surface area (Å²) >= 11 is 0. The Bertz CT molecular complexity index is 915. The third-order valence-corrected chi connectivity index (χ3v) is 6.56. The number of hydrogen-bond acceptors (Lipinski definition) is 8. The van der Waals surface area contributed by atoms with E-state index in [1.165, 1.54) is 19.1 Å². The number of carboxylic acid groups (broad SMARTS) is 1. The highest BCUT2D eigenvalue weighted by Crippen LogP contribution is 2.37. The highest BCUT2D eigenvalue weighted by Gasteiger charge is 2.35. The first kappa shape index (κ1) is 31.1. The minimum absolute atomic E-state index is 0.00762. The predicted molar refractivity (Wildman–Crippen MR) is 135 cm³/mol. The molecular weight excluding hydrogens is 466 g/mol. The Morgan fingerprint density at radius 2 is 1.39 bits per heavy atom. The molecule has 6 atom stereocenters. The van der Waals surface area contributed by atoms with E-state index in [4.69, 9.17) is 19.9 Å². The van der Waals surface area contributed by atoms with Gasteiger partial charge < -0.3 is 25.1 Å². The fourth-order valence-electron chi connectivity index (χ4n) is 3.74. The zero-order chi connectivity index (χ0) is 27.6. The van der Waals surface area contributed by atoms with Crippen molar-refractivity contribution in [3.8, 4) is 11.5 Å². The van der Waals surface area contributed by atoms with E-state index >= 15 is 0 Å². The van der Waals surface area contributed by atoms with Crippen molar-refractivity contribution in [2.24, 2.45) is 23.5 Å². The van der Waals surface area contributed by atoms with Crippen molar-refractivity contribution >= 4 is 23.9 Å². The molecule has 0 heterocycles. The van der Waals surface area contributed by atoms with Crippen LogP contribution in [0.25, 0.3) is 0 Å². The van der Waals surface area contributed by atoms with Crippen LogP contribution in [0, 0.1) is 17.8 Å². The summed E-state index contributed by atoms with van der Waals surface area (Å²) in [6.07, 6.45) is 1.31. The minimum Gasteiger partial charge on any atom is -0.480 e. The van der Waals surface area contributed by atoms with Gasteiger partial charge in [0.05, 0.1) is 0 Å². The van der Waals surface area contributed by atoms with Gasteiger partial charge in [-0.2, -0.15) is 0 Å². The van der Waals surface area contributed by atoms with E-state index in [1.54, 1.807) is 19.9 Å². The number of carbonyl (C=O) groups is 4. The molecule has 36 heavy (non-hydrogen) atoms. The van der Waals surface area contributed by atoms with Crippen molar-refractivity contribution in [2.75, 3.05) is 0 Å². The van der Waals surface area contributed by atoms with Crippen LogP contribution in [-0.2, 0) is 23.9 Å². The van der Waals surface area contributed by atoms with Gasteiger partial charge in [0.15, 0.2) is 11.5 Å². The Hall–Kier alpha value is -2.94. The van der Waals surface area contributed by atoms with Gasteiger partial charge in [0.25, 0.3) is 0 Å². The van der Waals surface area contributed by atoms with Gasteiger partial charge in [0.2, 0.25) is 0 Å². The van der Waals surface area contributed by atoms with Crippen LogP contribution in [0.1, 0.15) is 85.6 Å². The molecule has 0 aliphatic rings. The normalized spacial score (nSPS) is 16.1. The van der Waals surface area contributed by atoms with Crippen LogP contribution in [0.4, 0.5) is 0 Å². The van der Waals surface area contributed by atoms with E-state index in [-0.39, 0.29) is 36.2 Å². The lowest BCUT2D eigenvalue weighted by molar-refractivity contribution is -0.148. The lowest BCUT2D eigenvalue weighted by Gasteiger charge is -2.31. The average molecular weight is 508 g/mol. The Morgan fingerprint density at radius 1 is 0.889 bits per heavy atom. The topological polar surface area (TPSA) is 142 Å². The summed E-state index contributed by atoms with van der Waals surface area (Å²) in [5.41, 5.74) is 6.50. The number of aliphatic carboxylic acids is 1. The number of carboxylic acids is 1. The summed E-state index contributed by atoms with van der Waals surface area (Å²) in [4.78, 5) is 48.4. The fourth-order valence-corrected chi connectivity index (χ4v) is 3.74. The Balaban J connectivity index is 3.46. The summed E-state index contributed by atoms with van der Waals surface area (Å²) in [5, 5.41) is 9.66. The number of rotatable bonds is 14. The summed E-state index contributed by atoms with van der Waals surface area (Å²) in [6, 6.07) is 3.20. The molecule has 202 valence electrons. The first-order valence-corrected chi connectivity index (χ1v) is 12.5. The van der Waals surface area contributed by atoms with Gasteiger partial charge in [0, 0.05) is 31.6 Å². The van der Waals surface area contributed by atoms with Gasteiger partial charge in [-0.25, -0.2) is 0 Å². The number of ether oxygens (including phenoxy) is 3. The van der Waals surface area contributed by atoms with E-state index in [1.807, 2.05) is 27.7 Å². The van der Waals surface area contributed by atoms with Crippen molar-refractivity contribution in [3.63, 3.8) is 0 Å². The summed E-state index contributed by atoms with van der Waals surface area (Å²) < 4.78 is 16.4. The van der Waals surface area contributed by atoms with Crippen LogP contribution in [0.15, 0.2) is 18.2 Å². The highest BCUT2D eigenvalue weighted by atomic mass is 16.6. The maximum Gasteiger partial charge on any atom is 0.321 e. The van der Waals surface area contributed by atoms with E-state index in [2.05, 4.69) is 0 Å². The van der Waals surface area contributed by atoms with Crippen LogP contribution < -0.4 is 15.2 Å². The Morgan fingerprint density at radius 3 is 1.83 bits per heavy atom. The van der Waals surface area contributed by atoms with E-state index in [0.717, 1.165) is 12.8 Å². The van der Waals surface area contributed by atoms with Gasteiger partial charge >= 0.3 is 23.9 Å². The minimum atomic E-state index is -1.33. The number of benzene rings is 1. The molecule has 0 amide bonds. The van der Waals surface area contributed by atoms with Crippen LogP contribution in [0.3, 0.4) is 0 Å². The molecule has 9 nitrogen and oxygen atoms in total. The lowest BCUT2D eigenvalue weighted by atomic mass is 9.79. The summed E-state index contributed by atoms with van der Waals surface area (Å²) in [7, 11) is 0. The second-order valence-electron chi connectivity index (χ2n) is 9.65. The van der Waals surface area contributed by atoms with E-state index in [9.17, 15) is 24.3 Å². The molecule has 1 aromatic carbocycles. The van der Waals surface area contributed by atoms with Crippen molar-refractivity contribution in [1.82, 2.24) is 0 Å². The van der Waals surface area contributed by atoms with Gasteiger partial charge in [0.1, 0.15) is 12.1 Å². The van der Waals surface area contributed by atoms with E-state index < -0.39 is 47.9 Å². The maximum atomic E-state index is 12.6. The summed E-state index contributed by atoms with van der Waals surface area (Å²) in [5.74, 6) is -3.71. The zero-order valence-electron chi connectivity index (χ0n) is 22.4. The molecule has 0 aliphatic heterocycles. The largest absolute Gasteiger partial charge is 0.480 e. The molecule has 0 fully saturated rings. The molecule has 0 aromatic heterocycles. The second kappa shape index (κ2) is 14.6. The second-order valence-corrected chi connectivity index (χ2v) is 9.65. The molecule has 0 saturated heterocycles. The van der Waals surface area contributed by atoms with Gasteiger partial charge in [-0.3, -0.25) is 19.2 Å². The van der Waals surface area contributed by atoms with Gasteiger partial charge in [-0.1, -0.05) is 53.5 Å². The quantitative estimate of drug-likeness (QED) is 0.276. The Kier molecular flexibility index (Phi) is 12.6. The van der Waals surface area contributed by atoms with E-state index in [0.29, 0.717) is 5.56 Å². The third kappa shape index (κ3) is 9.60. The lowest BCUT2D eigenvalue weighted by Crippen LogP contribution is -2.42. The number of hydrogen-bond donors (Lipinski definition) is 2. The zero-order valence-corrected chi connectivity index (χ0v) is 22.4. The summed E-state index contributed by atoms with van der Waals surface area (Å²) in [6.45, 7) is 12.4. The van der Waals surface area contributed by atoms with Crippen molar-refractivity contribution in [1.29, 1.82) is 0 Å². The molecule has 3 N–H and O–H groups in total. The molecular formula is C27H41NO8. The first-order valence-electron chi connectivity index (χ1n) is 12.5. The van der Waals surface area contributed by atoms with Gasteiger partial charge in [-0.05, 0) is 36.5 Å². The molecule has 0 saturated carbocycles. The monoisotopic (exact) mass is 507 g/mol. The molecule has 1 rings (SSSR count). The maximum absolute atomic E-state index is 12.6. The molecule has 9 heteroatoms. The van der Waals surface area contributed by atoms with Crippen molar-refractivity contribution < 1.29 is 38.5 Å². The predicted octanol–water partition coefficient (Wildman–Crippen LogP) is 4.45. The molecule has 0 bridgehead atoms. The van der Waals surface area contributed by atoms with Crippen molar-refractivity contribution in [3.05, 3.63) is 23.8 Å². The molecule has 0 spiro atoms. The first-order chi connectivity index (χ1) is 16.8. The average Bonchev–Trinajstić information content (AvgIpc) is 2.79. The fraction of sp³-hybridized carbons (Fsp3) is 0.630. The van der Waals surface area contributed by atoms with Crippen LogP contribution in [0.5, 0.6) is 11.5 Å². The molecule has 1 aromatic rings. The molecule has 5 unspecified atom stereocenters. The number of esters is 3. The van der Waals surface area contributed by atoms with Crippen LogP contribution >= 0.6 is 0 Å². The Labute approximate surface area is 213 Å². The van der Waals surface area contributed by atoms with Crippen LogP contribution in [-0.4, -0.2) is 41.1 Å².